The zero-order chi connectivity index (χ0) is 20.6. The van der Waals surface area contributed by atoms with Crippen LogP contribution >= 0.6 is 0 Å². The van der Waals surface area contributed by atoms with E-state index >= 15 is 0 Å². The number of sulfonamides is 1. The summed E-state index contributed by atoms with van der Waals surface area (Å²) < 4.78 is 33.8. The van der Waals surface area contributed by atoms with Crippen molar-refractivity contribution in [2.45, 2.75) is 45.6 Å². The lowest BCUT2D eigenvalue weighted by Crippen LogP contribution is -2.35. The van der Waals surface area contributed by atoms with Gasteiger partial charge in [0.05, 0.1) is 12.0 Å². The third-order valence-corrected chi connectivity index (χ3v) is 7.12. The lowest BCUT2D eigenvalue weighted by atomic mass is 9.99. The van der Waals surface area contributed by atoms with E-state index in [1.54, 1.807) is 17.0 Å². The second-order valence-electron chi connectivity index (χ2n) is 7.32. The van der Waals surface area contributed by atoms with Crippen molar-refractivity contribution in [1.82, 2.24) is 4.90 Å². The highest BCUT2D eigenvalue weighted by molar-refractivity contribution is 7.92. The Morgan fingerprint density at radius 2 is 1.68 bits per heavy atom. The van der Waals surface area contributed by atoms with E-state index in [4.69, 9.17) is 4.74 Å². The summed E-state index contributed by atoms with van der Waals surface area (Å²) in [5.41, 5.74) is 5.93. The molecule has 28 heavy (non-hydrogen) atoms. The van der Waals surface area contributed by atoms with Gasteiger partial charge in [0.2, 0.25) is 0 Å². The van der Waals surface area contributed by atoms with Crippen LogP contribution in [0.4, 0.5) is 10.5 Å². The molecule has 0 saturated carbocycles. The van der Waals surface area contributed by atoms with Crippen molar-refractivity contribution >= 4 is 21.8 Å². The Balaban J connectivity index is 1.94. The molecule has 0 aromatic heterocycles. The second kappa shape index (κ2) is 7.47. The summed E-state index contributed by atoms with van der Waals surface area (Å²) in [6.45, 7) is 8.49. The van der Waals surface area contributed by atoms with E-state index in [9.17, 15) is 13.2 Å². The topological polar surface area (TPSA) is 75.7 Å². The maximum absolute atomic E-state index is 13.1. The van der Waals surface area contributed by atoms with Gasteiger partial charge in [0.25, 0.3) is 10.0 Å². The van der Waals surface area contributed by atoms with E-state index < -0.39 is 10.0 Å². The number of ether oxygens (including phenoxy) is 1. The number of anilines is 1. The van der Waals surface area contributed by atoms with Crippen molar-refractivity contribution in [3.05, 3.63) is 57.6 Å². The minimum atomic E-state index is -3.74. The van der Waals surface area contributed by atoms with Crippen molar-refractivity contribution in [1.29, 1.82) is 0 Å². The molecule has 0 radical (unpaired) electrons. The number of nitrogens with zero attached hydrogens (tertiary/aromatic N) is 1. The van der Waals surface area contributed by atoms with Crippen molar-refractivity contribution in [2.24, 2.45) is 0 Å². The molecule has 0 unspecified atom stereocenters. The number of benzene rings is 2. The van der Waals surface area contributed by atoms with Gasteiger partial charge in [-0.15, -0.1) is 0 Å². The molecule has 1 aliphatic heterocycles. The monoisotopic (exact) mass is 402 g/mol. The number of aryl methyl sites for hydroxylation is 2. The quantitative estimate of drug-likeness (QED) is 0.846. The van der Waals surface area contributed by atoms with E-state index in [-0.39, 0.29) is 6.09 Å². The Morgan fingerprint density at radius 1 is 1.04 bits per heavy atom. The number of carbonyl (C=O) groups is 1. The Kier molecular flexibility index (Phi) is 5.39. The van der Waals surface area contributed by atoms with Gasteiger partial charge in [-0.25, -0.2) is 13.2 Å². The van der Waals surface area contributed by atoms with Crippen LogP contribution in [0, 0.1) is 27.7 Å². The Labute approximate surface area is 166 Å². The fourth-order valence-electron chi connectivity index (χ4n) is 3.70. The largest absolute Gasteiger partial charge is 0.453 e. The van der Waals surface area contributed by atoms with Gasteiger partial charge in [-0.05, 0) is 79.6 Å². The lowest BCUT2D eigenvalue weighted by Gasteiger charge is -2.28. The van der Waals surface area contributed by atoms with E-state index in [1.807, 2.05) is 39.8 Å². The molecule has 3 rings (SSSR count). The number of fused-ring (bicyclic) bond motifs is 1. The molecule has 0 bridgehead atoms. The zero-order valence-corrected chi connectivity index (χ0v) is 17.7. The molecule has 0 saturated heterocycles. The van der Waals surface area contributed by atoms with Crippen LogP contribution in [0.5, 0.6) is 0 Å². The summed E-state index contributed by atoms with van der Waals surface area (Å²) in [5, 5.41) is 0. The van der Waals surface area contributed by atoms with E-state index in [1.165, 1.54) is 7.11 Å². The van der Waals surface area contributed by atoms with Crippen LogP contribution in [0.15, 0.2) is 29.2 Å². The fraction of sp³-hybridized carbons (Fsp3) is 0.381. The highest BCUT2D eigenvalue weighted by Crippen LogP contribution is 2.29. The Hall–Kier alpha value is -2.54. The average Bonchev–Trinajstić information content (AvgIpc) is 2.64. The molecule has 0 aliphatic carbocycles. The van der Waals surface area contributed by atoms with Crippen molar-refractivity contribution in [3.63, 3.8) is 0 Å². The normalized spacial score (nSPS) is 13.8. The van der Waals surface area contributed by atoms with Gasteiger partial charge in [0, 0.05) is 18.8 Å². The van der Waals surface area contributed by atoms with E-state index in [0.29, 0.717) is 30.1 Å². The minimum absolute atomic E-state index is 0.332. The van der Waals surface area contributed by atoms with Crippen LogP contribution < -0.4 is 4.72 Å². The number of amides is 1. The molecular formula is C21H26N2O4S. The van der Waals surface area contributed by atoms with Crippen molar-refractivity contribution in [2.75, 3.05) is 18.4 Å². The fourth-order valence-corrected chi connectivity index (χ4v) is 5.36. The van der Waals surface area contributed by atoms with E-state index in [2.05, 4.69) is 4.72 Å². The SMILES string of the molecule is COC(=O)N1CCc2ccc(NS(=O)(=O)c3c(C)c(C)cc(C)c3C)cc2C1. The first-order valence-corrected chi connectivity index (χ1v) is 10.7. The molecule has 2 aromatic carbocycles. The molecule has 1 heterocycles. The Morgan fingerprint density at radius 3 is 2.29 bits per heavy atom. The molecule has 0 spiro atoms. The number of rotatable bonds is 3. The summed E-state index contributed by atoms with van der Waals surface area (Å²) in [5.74, 6) is 0. The maximum atomic E-state index is 13.1. The van der Waals surface area contributed by atoms with Crippen molar-refractivity contribution < 1.29 is 17.9 Å². The van der Waals surface area contributed by atoms with Gasteiger partial charge >= 0.3 is 6.09 Å². The molecule has 7 heteroatoms. The van der Waals surface area contributed by atoms with E-state index in [0.717, 1.165) is 33.4 Å². The second-order valence-corrected chi connectivity index (χ2v) is 8.94. The first-order chi connectivity index (χ1) is 13.1. The Bertz CT molecular complexity index is 1020. The molecule has 6 nitrogen and oxygen atoms in total. The molecular weight excluding hydrogens is 376 g/mol. The van der Waals surface area contributed by atoms with Gasteiger partial charge in [-0.3, -0.25) is 4.72 Å². The average molecular weight is 403 g/mol. The van der Waals surface area contributed by atoms with Gasteiger partial charge < -0.3 is 9.64 Å². The molecule has 0 fully saturated rings. The summed E-state index contributed by atoms with van der Waals surface area (Å²) >= 11 is 0. The number of carbonyl (C=O) groups excluding carboxylic acids is 1. The highest BCUT2D eigenvalue weighted by atomic mass is 32.2. The third-order valence-electron chi connectivity index (χ3n) is 5.47. The summed E-state index contributed by atoms with van der Waals surface area (Å²) in [7, 11) is -2.38. The maximum Gasteiger partial charge on any atom is 0.409 e. The van der Waals surface area contributed by atoms with Crippen LogP contribution in [0.1, 0.15) is 33.4 Å². The number of nitrogens with one attached hydrogen (secondary N) is 1. The van der Waals surface area contributed by atoms with Crippen LogP contribution in [0.2, 0.25) is 0 Å². The van der Waals surface area contributed by atoms with Gasteiger partial charge in [0.15, 0.2) is 0 Å². The molecule has 1 N–H and O–H groups in total. The number of hydrogen-bond donors (Lipinski definition) is 1. The standard InChI is InChI=1S/C21H26N2O4S/c1-13-10-14(2)16(4)20(15(13)3)28(25,26)22-19-7-6-17-8-9-23(21(24)27-5)12-18(17)11-19/h6-7,10-11,22H,8-9,12H2,1-5H3. The van der Waals surface area contributed by atoms with Gasteiger partial charge in [0.1, 0.15) is 0 Å². The predicted molar refractivity (Wildman–Crippen MR) is 109 cm³/mol. The molecule has 150 valence electrons. The van der Waals surface area contributed by atoms with Crippen LogP contribution in [0.3, 0.4) is 0 Å². The summed E-state index contributed by atoms with van der Waals surface area (Å²) in [6.07, 6.45) is 0.338. The first-order valence-electron chi connectivity index (χ1n) is 9.19. The van der Waals surface area contributed by atoms with Crippen LogP contribution in [-0.2, 0) is 27.7 Å². The van der Waals surface area contributed by atoms with Gasteiger partial charge in [-0.2, -0.15) is 0 Å². The number of hydrogen-bond acceptors (Lipinski definition) is 4. The summed E-state index contributed by atoms with van der Waals surface area (Å²) in [4.78, 5) is 13.7. The molecule has 0 atom stereocenters. The first kappa shape index (κ1) is 20.2. The summed E-state index contributed by atoms with van der Waals surface area (Å²) in [6, 6.07) is 7.50. The predicted octanol–water partition coefficient (Wildman–Crippen LogP) is 3.85. The van der Waals surface area contributed by atoms with Gasteiger partial charge in [-0.1, -0.05) is 12.1 Å². The van der Waals surface area contributed by atoms with Crippen molar-refractivity contribution in [3.8, 4) is 0 Å². The minimum Gasteiger partial charge on any atom is -0.453 e. The van der Waals surface area contributed by atoms with Crippen LogP contribution in [0.25, 0.3) is 0 Å². The smallest absolute Gasteiger partial charge is 0.409 e. The lowest BCUT2D eigenvalue weighted by molar-refractivity contribution is 0.118. The highest BCUT2D eigenvalue weighted by Gasteiger charge is 2.24. The molecule has 2 aromatic rings. The zero-order valence-electron chi connectivity index (χ0n) is 16.9. The third kappa shape index (κ3) is 3.71. The molecule has 1 amide bonds. The molecule has 1 aliphatic rings. The number of methoxy groups -OCH3 is 1. The van der Waals surface area contributed by atoms with Crippen LogP contribution in [-0.4, -0.2) is 33.1 Å².